The number of pyridine rings is 1. The molecule has 1 aromatic heterocycles. The van der Waals surface area contributed by atoms with Crippen LogP contribution in [-0.2, 0) is 11.0 Å². The Balaban J connectivity index is 1.94. The van der Waals surface area contributed by atoms with E-state index >= 15 is 0 Å². The minimum Gasteiger partial charge on any atom is -0.354 e. The second-order valence-electron chi connectivity index (χ2n) is 5.87. The highest BCUT2D eigenvalue weighted by Gasteiger charge is 2.32. The first-order chi connectivity index (χ1) is 12.2. The minimum absolute atomic E-state index is 0.0471. The highest BCUT2D eigenvalue weighted by atomic mass is 35.5. The van der Waals surface area contributed by atoms with Crippen molar-refractivity contribution < 1.29 is 22.8 Å². The van der Waals surface area contributed by atoms with Crippen LogP contribution in [0.3, 0.4) is 0 Å². The molecule has 3 N–H and O–H groups in total. The van der Waals surface area contributed by atoms with Gasteiger partial charge in [0, 0.05) is 38.8 Å². The predicted octanol–water partition coefficient (Wildman–Crippen LogP) is 1.85. The normalized spacial score (nSPS) is 16.2. The molecule has 7 nitrogen and oxygen atoms in total. The summed E-state index contributed by atoms with van der Waals surface area (Å²) in [6, 6.07) is -0.0131. The lowest BCUT2D eigenvalue weighted by Gasteiger charge is -2.23. The molecule has 1 saturated heterocycles. The van der Waals surface area contributed by atoms with E-state index in [-0.39, 0.29) is 11.4 Å². The quantitative estimate of drug-likeness (QED) is 0.814. The SMILES string of the molecule is NC(=O)NC(=O)CCN1CCCN(c2ncc(C(F)(F)F)cc2Cl)CC1. The van der Waals surface area contributed by atoms with Gasteiger partial charge < -0.3 is 15.5 Å². The van der Waals surface area contributed by atoms with Crippen molar-refractivity contribution in [2.45, 2.75) is 19.0 Å². The summed E-state index contributed by atoms with van der Waals surface area (Å²) in [4.78, 5) is 29.8. The first-order valence-corrected chi connectivity index (χ1v) is 8.34. The molecule has 0 bridgehead atoms. The van der Waals surface area contributed by atoms with Crippen LogP contribution in [0.25, 0.3) is 0 Å². The van der Waals surface area contributed by atoms with Crippen LogP contribution < -0.4 is 16.0 Å². The van der Waals surface area contributed by atoms with E-state index in [1.165, 1.54) is 0 Å². The van der Waals surface area contributed by atoms with E-state index in [0.29, 0.717) is 38.5 Å². The van der Waals surface area contributed by atoms with E-state index in [9.17, 15) is 22.8 Å². The Morgan fingerprint density at radius 3 is 2.62 bits per heavy atom. The summed E-state index contributed by atoms with van der Waals surface area (Å²) >= 11 is 6.00. The third-order valence-corrected chi connectivity index (χ3v) is 4.23. The number of nitrogens with one attached hydrogen (secondary N) is 1. The van der Waals surface area contributed by atoms with Crippen molar-refractivity contribution in [1.29, 1.82) is 0 Å². The van der Waals surface area contributed by atoms with Gasteiger partial charge >= 0.3 is 12.2 Å². The average Bonchev–Trinajstić information content (AvgIpc) is 2.77. The second kappa shape index (κ2) is 8.54. The standard InChI is InChI=1S/C15H19ClF3N5O2/c16-11-8-10(15(17,18)19)9-21-13(11)24-4-1-3-23(6-7-24)5-2-12(25)22-14(20)26/h8-9H,1-7H2,(H3,20,22,25,26). The van der Waals surface area contributed by atoms with Crippen LogP contribution in [-0.4, -0.2) is 54.5 Å². The van der Waals surface area contributed by atoms with Crippen LogP contribution in [0.5, 0.6) is 0 Å². The van der Waals surface area contributed by atoms with Crippen molar-refractivity contribution in [1.82, 2.24) is 15.2 Å². The van der Waals surface area contributed by atoms with E-state index in [1.807, 2.05) is 15.1 Å². The first-order valence-electron chi connectivity index (χ1n) is 7.96. The lowest BCUT2D eigenvalue weighted by molar-refractivity contribution is -0.137. The van der Waals surface area contributed by atoms with Gasteiger partial charge in [-0.25, -0.2) is 9.78 Å². The number of carbonyl (C=O) groups excluding carboxylic acids is 2. The Bertz CT molecular complexity index is 671. The molecule has 0 spiro atoms. The monoisotopic (exact) mass is 393 g/mol. The van der Waals surface area contributed by atoms with E-state index < -0.39 is 23.7 Å². The molecule has 0 radical (unpaired) electrons. The van der Waals surface area contributed by atoms with Gasteiger partial charge in [-0.3, -0.25) is 10.1 Å². The molecule has 0 aliphatic carbocycles. The third kappa shape index (κ3) is 5.73. The van der Waals surface area contributed by atoms with Crippen LogP contribution >= 0.6 is 11.6 Å². The van der Waals surface area contributed by atoms with Crippen molar-refractivity contribution >= 4 is 29.4 Å². The Kier molecular flexibility index (Phi) is 6.65. The van der Waals surface area contributed by atoms with Gasteiger partial charge in [0.25, 0.3) is 0 Å². The molecule has 3 amide bonds. The highest BCUT2D eigenvalue weighted by Crippen LogP contribution is 2.33. The van der Waals surface area contributed by atoms with Gasteiger partial charge in [0.05, 0.1) is 10.6 Å². The van der Waals surface area contributed by atoms with Crippen molar-refractivity contribution in [3.05, 3.63) is 22.8 Å². The molecule has 0 aromatic carbocycles. The van der Waals surface area contributed by atoms with E-state index in [0.717, 1.165) is 18.7 Å². The minimum atomic E-state index is -4.49. The number of halogens is 4. The maximum Gasteiger partial charge on any atom is 0.417 e. The number of urea groups is 1. The Hall–Kier alpha value is -2.07. The molecule has 1 aromatic rings. The number of nitrogens with zero attached hydrogens (tertiary/aromatic N) is 3. The summed E-state index contributed by atoms with van der Waals surface area (Å²) in [7, 11) is 0. The number of primary amides is 1. The fourth-order valence-electron chi connectivity index (χ4n) is 2.68. The number of imide groups is 1. The van der Waals surface area contributed by atoms with Crippen molar-refractivity contribution in [3.8, 4) is 0 Å². The van der Waals surface area contributed by atoms with Gasteiger partial charge in [0.1, 0.15) is 5.82 Å². The van der Waals surface area contributed by atoms with Crippen LogP contribution in [0.15, 0.2) is 12.3 Å². The zero-order chi connectivity index (χ0) is 19.3. The molecule has 2 rings (SSSR count). The zero-order valence-corrected chi connectivity index (χ0v) is 14.6. The summed E-state index contributed by atoms with van der Waals surface area (Å²) < 4.78 is 38.1. The summed E-state index contributed by atoms with van der Waals surface area (Å²) in [6.07, 6.45) is -2.85. The number of hydrogen-bond donors (Lipinski definition) is 2. The lowest BCUT2D eigenvalue weighted by atomic mass is 10.2. The van der Waals surface area contributed by atoms with E-state index in [4.69, 9.17) is 17.3 Å². The zero-order valence-electron chi connectivity index (χ0n) is 13.9. The first kappa shape index (κ1) is 20.2. The molecule has 1 aliphatic rings. The number of anilines is 1. The molecule has 11 heteroatoms. The molecule has 26 heavy (non-hydrogen) atoms. The van der Waals surface area contributed by atoms with Gasteiger partial charge in [-0.05, 0) is 19.0 Å². The van der Waals surface area contributed by atoms with Gasteiger partial charge in [-0.1, -0.05) is 11.6 Å². The molecule has 0 atom stereocenters. The van der Waals surface area contributed by atoms with Crippen molar-refractivity contribution in [2.75, 3.05) is 37.6 Å². The Labute approximate surface area is 153 Å². The van der Waals surface area contributed by atoms with Gasteiger partial charge in [0.15, 0.2) is 0 Å². The number of alkyl halides is 3. The summed E-state index contributed by atoms with van der Waals surface area (Å²) in [5.74, 6) is -0.140. The molecule has 0 unspecified atom stereocenters. The Morgan fingerprint density at radius 2 is 2.00 bits per heavy atom. The maximum absolute atomic E-state index is 12.7. The van der Waals surface area contributed by atoms with Gasteiger partial charge in [-0.15, -0.1) is 0 Å². The van der Waals surface area contributed by atoms with Crippen LogP contribution in [0.1, 0.15) is 18.4 Å². The fraction of sp³-hybridized carbons (Fsp3) is 0.533. The van der Waals surface area contributed by atoms with E-state index in [1.54, 1.807) is 0 Å². The number of amides is 3. The second-order valence-corrected chi connectivity index (χ2v) is 6.28. The number of carbonyl (C=O) groups is 2. The topological polar surface area (TPSA) is 91.6 Å². The lowest BCUT2D eigenvalue weighted by Crippen LogP contribution is -2.38. The molecule has 0 saturated carbocycles. The van der Waals surface area contributed by atoms with Crippen LogP contribution in [0.4, 0.5) is 23.8 Å². The molecule has 1 aliphatic heterocycles. The Morgan fingerprint density at radius 1 is 1.27 bits per heavy atom. The number of hydrogen-bond acceptors (Lipinski definition) is 5. The van der Waals surface area contributed by atoms with Gasteiger partial charge in [-0.2, -0.15) is 13.2 Å². The average molecular weight is 394 g/mol. The summed E-state index contributed by atoms with van der Waals surface area (Å²) in [5.41, 5.74) is 3.99. The molecule has 2 heterocycles. The number of nitrogens with two attached hydrogens (primary N) is 1. The molecule has 144 valence electrons. The molecule has 1 fully saturated rings. The summed E-state index contributed by atoms with van der Waals surface area (Å²) in [5, 5.41) is 1.95. The maximum atomic E-state index is 12.7. The fourth-order valence-corrected chi connectivity index (χ4v) is 2.97. The molecular weight excluding hydrogens is 375 g/mol. The van der Waals surface area contributed by atoms with E-state index in [2.05, 4.69) is 4.98 Å². The largest absolute Gasteiger partial charge is 0.417 e. The van der Waals surface area contributed by atoms with Crippen molar-refractivity contribution in [3.63, 3.8) is 0 Å². The van der Waals surface area contributed by atoms with Crippen LogP contribution in [0.2, 0.25) is 5.02 Å². The van der Waals surface area contributed by atoms with Gasteiger partial charge in [0.2, 0.25) is 5.91 Å². The summed E-state index contributed by atoms with van der Waals surface area (Å²) in [6.45, 7) is 2.83. The number of rotatable bonds is 4. The third-order valence-electron chi connectivity index (χ3n) is 3.95. The van der Waals surface area contributed by atoms with Crippen LogP contribution in [0, 0.1) is 0 Å². The predicted molar refractivity (Wildman–Crippen MR) is 89.9 cm³/mol. The van der Waals surface area contributed by atoms with Crippen molar-refractivity contribution in [2.24, 2.45) is 5.73 Å². The highest BCUT2D eigenvalue weighted by molar-refractivity contribution is 6.33. The molecular formula is C15H19ClF3N5O2. The number of aromatic nitrogens is 1. The smallest absolute Gasteiger partial charge is 0.354 e.